The largest absolute Gasteiger partial charge is 0.489 e. The molecule has 4 nitrogen and oxygen atoms in total. The average Bonchev–Trinajstić information content (AvgIpc) is 2.67. The van der Waals surface area contributed by atoms with Crippen LogP contribution in [-0.2, 0) is 6.61 Å². The third-order valence-corrected chi connectivity index (χ3v) is 4.93. The molecule has 0 saturated heterocycles. The fourth-order valence-corrected chi connectivity index (χ4v) is 3.09. The van der Waals surface area contributed by atoms with Gasteiger partial charge in [-0.3, -0.25) is 10.1 Å². The number of nitro groups is 1. The Morgan fingerprint density at radius 1 is 0.964 bits per heavy atom. The van der Waals surface area contributed by atoms with Crippen molar-refractivity contribution in [2.75, 3.05) is 0 Å². The van der Waals surface area contributed by atoms with Crippen LogP contribution in [0.5, 0.6) is 5.75 Å². The number of aryl methyl sites for hydroxylation is 1. The maximum absolute atomic E-state index is 10.9. The molecule has 4 rings (SSSR count). The highest BCUT2D eigenvalue weighted by molar-refractivity contribution is 5.46. The first-order valence-electron chi connectivity index (χ1n) is 9.60. The van der Waals surface area contributed by atoms with Crippen molar-refractivity contribution in [3.05, 3.63) is 106 Å². The zero-order chi connectivity index (χ0) is 19.8. The summed E-state index contributed by atoms with van der Waals surface area (Å²) < 4.78 is 5.89. The Labute approximate surface area is 166 Å². The highest BCUT2D eigenvalue weighted by Crippen LogP contribution is 2.42. The predicted octanol–water partition coefficient (Wildman–Crippen LogP) is 6.44. The Morgan fingerprint density at radius 3 is 2.11 bits per heavy atom. The Kier molecular flexibility index (Phi) is 6.79. The van der Waals surface area contributed by atoms with Crippen molar-refractivity contribution < 1.29 is 9.66 Å². The Balaban J connectivity index is 0.000000271. The molecule has 0 unspecified atom stereocenters. The quantitative estimate of drug-likeness (QED) is 0.381. The Morgan fingerprint density at radius 2 is 1.61 bits per heavy atom. The molecule has 1 aliphatic rings. The van der Waals surface area contributed by atoms with E-state index in [2.05, 4.69) is 19.1 Å². The summed E-state index contributed by atoms with van der Waals surface area (Å²) in [5.74, 6) is 1.17. The van der Waals surface area contributed by atoms with Crippen LogP contribution in [0.4, 0.5) is 5.69 Å². The van der Waals surface area contributed by atoms with Crippen molar-refractivity contribution in [2.45, 2.75) is 38.7 Å². The van der Waals surface area contributed by atoms with E-state index >= 15 is 0 Å². The molecular formula is C24H25NO3. The van der Waals surface area contributed by atoms with Crippen molar-refractivity contribution in [3.8, 4) is 5.75 Å². The molecule has 0 spiro atoms. The van der Waals surface area contributed by atoms with E-state index in [-0.39, 0.29) is 10.6 Å². The minimum absolute atomic E-state index is 0.143. The zero-order valence-corrected chi connectivity index (χ0v) is 16.1. The fraction of sp³-hybridized carbons (Fsp3) is 0.250. The number of benzene rings is 3. The molecule has 0 atom stereocenters. The minimum atomic E-state index is -0.344. The first-order valence-corrected chi connectivity index (χ1v) is 9.60. The van der Waals surface area contributed by atoms with Crippen LogP contribution in [0.25, 0.3) is 0 Å². The van der Waals surface area contributed by atoms with Crippen LogP contribution >= 0.6 is 0 Å². The van der Waals surface area contributed by atoms with Gasteiger partial charge in [0.2, 0.25) is 0 Å². The third-order valence-electron chi connectivity index (χ3n) is 4.93. The van der Waals surface area contributed by atoms with E-state index in [4.69, 9.17) is 4.74 Å². The van der Waals surface area contributed by atoms with Gasteiger partial charge in [0.25, 0.3) is 5.69 Å². The molecule has 28 heavy (non-hydrogen) atoms. The molecule has 1 fully saturated rings. The number of ether oxygens (including phenoxy) is 1. The SMILES string of the molecule is Cc1ccccc1.O=[N+]([O-])c1ccc(OCc2ccccc2)c(C2CCC2)c1. The summed E-state index contributed by atoms with van der Waals surface area (Å²) in [4.78, 5) is 10.6. The second-order valence-corrected chi connectivity index (χ2v) is 7.04. The lowest BCUT2D eigenvalue weighted by Gasteiger charge is -2.27. The highest BCUT2D eigenvalue weighted by atomic mass is 16.6. The molecule has 1 aliphatic carbocycles. The van der Waals surface area contributed by atoms with E-state index in [0.29, 0.717) is 12.5 Å². The molecule has 0 amide bonds. The molecule has 4 heteroatoms. The summed E-state index contributed by atoms with van der Waals surface area (Å²) in [7, 11) is 0. The molecule has 0 N–H and O–H groups in total. The lowest BCUT2D eigenvalue weighted by Crippen LogP contribution is -2.11. The van der Waals surface area contributed by atoms with Gasteiger partial charge >= 0.3 is 0 Å². The normalized spacial score (nSPS) is 13.0. The Hall–Kier alpha value is -3.14. The number of rotatable bonds is 5. The summed E-state index contributed by atoms with van der Waals surface area (Å²) in [5, 5.41) is 10.9. The number of nitrogens with zero attached hydrogens (tertiary/aromatic N) is 1. The third kappa shape index (κ3) is 5.43. The van der Waals surface area contributed by atoms with Gasteiger partial charge in [0.15, 0.2) is 0 Å². The van der Waals surface area contributed by atoms with E-state index in [9.17, 15) is 10.1 Å². The van der Waals surface area contributed by atoms with E-state index in [0.717, 1.165) is 29.7 Å². The minimum Gasteiger partial charge on any atom is -0.489 e. The average molecular weight is 375 g/mol. The van der Waals surface area contributed by atoms with Crippen LogP contribution in [0, 0.1) is 17.0 Å². The lowest BCUT2D eigenvalue weighted by molar-refractivity contribution is -0.385. The topological polar surface area (TPSA) is 52.4 Å². The summed E-state index contributed by atoms with van der Waals surface area (Å²) in [5.41, 5.74) is 3.54. The van der Waals surface area contributed by atoms with Gasteiger partial charge in [0, 0.05) is 17.7 Å². The van der Waals surface area contributed by atoms with E-state index in [1.807, 2.05) is 48.5 Å². The van der Waals surface area contributed by atoms with Gasteiger partial charge in [-0.25, -0.2) is 0 Å². The van der Waals surface area contributed by atoms with Crippen LogP contribution in [0.2, 0.25) is 0 Å². The maximum atomic E-state index is 10.9. The maximum Gasteiger partial charge on any atom is 0.269 e. The fourth-order valence-electron chi connectivity index (χ4n) is 3.09. The molecule has 0 aromatic heterocycles. The molecule has 1 saturated carbocycles. The number of non-ortho nitro benzene ring substituents is 1. The van der Waals surface area contributed by atoms with Gasteiger partial charge in [-0.1, -0.05) is 72.6 Å². The second kappa shape index (κ2) is 9.70. The first-order chi connectivity index (χ1) is 13.6. The molecule has 0 aliphatic heterocycles. The highest BCUT2D eigenvalue weighted by Gasteiger charge is 2.25. The molecule has 144 valence electrons. The number of hydrogen-bond acceptors (Lipinski definition) is 3. The molecule has 0 bridgehead atoms. The van der Waals surface area contributed by atoms with Crippen molar-refractivity contribution >= 4 is 5.69 Å². The summed E-state index contributed by atoms with van der Waals surface area (Å²) in [6, 6.07) is 25.1. The molecule has 0 radical (unpaired) electrons. The Bertz CT molecular complexity index is 890. The molecule has 0 heterocycles. The van der Waals surface area contributed by atoms with E-state index < -0.39 is 0 Å². The van der Waals surface area contributed by atoms with E-state index in [1.165, 1.54) is 18.1 Å². The summed E-state index contributed by atoms with van der Waals surface area (Å²) in [6.45, 7) is 2.57. The first kappa shape index (κ1) is 19.6. The van der Waals surface area contributed by atoms with Crippen molar-refractivity contribution in [3.63, 3.8) is 0 Å². The number of nitro benzene ring substituents is 1. The van der Waals surface area contributed by atoms with Gasteiger partial charge in [-0.05, 0) is 37.3 Å². The molecule has 3 aromatic rings. The predicted molar refractivity (Wildman–Crippen MR) is 112 cm³/mol. The monoisotopic (exact) mass is 375 g/mol. The van der Waals surface area contributed by atoms with E-state index in [1.54, 1.807) is 12.1 Å². The molecular weight excluding hydrogens is 350 g/mol. The lowest BCUT2D eigenvalue weighted by atomic mass is 9.79. The molecule has 3 aromatic carbocycles. The van der Waals surface area contributed by atoms with Gasteiger partial charge in [0.05, 0.1) is 4.92 Å². The van der Waals surface area contributed by atoms with Crippen molar-refractivity contribution in [1.29, 1.82) is 0 Å². The van der Waals surface area contributed by atoms with Crippen LogP contribution < -0.4 is 4.74 Å². The van der Waals surface area contributed by atoms with Crippen LogP contribution in [-0.4, -0.2) is 4.92 Å². The summed E-state index contributed by atoms with van der Waals surface area (Å²) >= 11 is 0. The van der Waals surface area contributed by atoms with Gasteiger partial charge in [-0.15, -0.1) is 0 Å². The zero-order valence-electron chi connectivity index (χ0n) is 16.1. The van der Waals surface area contributed by atoms with Gasteiger partial charge in [-0.2, -0.15) is 0 Å². The smallest absolute Gasteiger partial charge is 0.269 e. The van der Waals surface area contributed by atoms with Crippen LogP contribution in [0.3, 0.4) is 0 Å². The van der Waals surface area contributed by atoms with Gasteiger partial charge in [0.1, 0.15) is 12.4 Å². The second-order valence-electron chi connectivity index (χ2n) is 7.04. The van der Waals surface area contributed by atoms with Crippen molar-refractivity contribution in [1.82, 2.24) is 0 Å². The number of hydrogen-bond donors (Lipinski definition) is 0. The summed E-state index contributed by atoms with van der Waals surface area (Å²) in [6.07, 6.45) is 3.36. The van der Waals surface area contributed by atoms with Crippen LogP contribution in [0.15, 0.2) is 78.9 Å². The van der Waals surface area contributed by atoms with Gasteiger partial charge < -0.3 is 4.74 Å². The van der Waals surface area contributed by atoms with Crippen LogP contribution in [0.1, 0.15) is 41.9 Å². The van der Waals surface area contributed by atoms with Crippen molar-refractivity contribution in [2.24, 2.45) is 0 Å². The standard InChI is InChI=1S/C17H17NO3.C7H8/c19-18(20)15-9-10-17(16(11-15)14-7-4-8-14)21-12-13-5-2-1-3-6-13;1-7-5-3-2-4-6-7/h1-3,5-6,9-11,14H,4,7-8,12H2;2-6H,1H3.